The van der Waals surface area contributed by atoms with Crippen LogP contribution in [0.5, 0.6) is 0 Å². The molecule has 0 atom stereocenters. The third-order valence-corrected chi connectivity index (χ3v) is 6.48. The number of aryl methyl sites for hydroxylation is 2. The van der Waals surface area contributed by atoms with E-state index < -0.39 is 12.1 Å². The molecule has 2 aromatic carbocycles. The van der Waals surface area contributed by atoms with E-state index in [1.807, 2.05) is 4.90 Å². The first-order valence-electron chi connectivity index (χ1n) is 12.0. The third kappa shape index (κ3) is 6.26. The Labute approximate surface area is 208 Å². The minimum atomic E-state index is -5.08. The van der Waals surface area contributed by atoms with Crippen LogP contribution in [0.2, 0.25) is 0 Å². The van der Waals surface area contributed by atoms with Crippen LogP contribution in [-0.4, -0.2) is 45.7 Å². The van der Waals surface area contributed by atoms with Crippen molar-refractivity contribution in [3.05, 3.63) is 70.9 Å². The first kappa shape index (κ1) is 27.3. The average Bonchev–Trinajstić information content (AvgIpc) is 3.23. The number of rotatable bonds is 5. The fourth-order valence-corrected chi connectivity index (χ4v) is 4.70. The number of likely N-dealkylation sites (tertiary alicyclic amines) is 1. The van der Waals surface area contributed by atoms with Crippen LogP contribution in [0, 0.1) is 6.92 Å². The van der Waals surface area contributed by atoms with Gasteiger partial charge in [-0.3, -0.25) is 4.79 Å². The molecule has 0 unspecified atom stereocenters. The number of carboxylic acid groups (broad SMARTS) is 1. The summed E-state index contributed by atoms with van der Waals surface area (Å²) in [6, 6.07) is 14.9. The maximum absolute atomic E-state index is 13.4. The lowest BCUT2D eigenvalue weighted by Crippen LogP contribution is -2.37. The molecule has 3 N–H and O–H groups in total. The predicted molar refractivity (Wildman–Crippen MR) is 133 cm³/mol. The van der Waals surface area contributed by atoms with E-state index in [0.29, 0.717) is 12.5 Å². The molecule has 36 heavy (non-hydrogen) atoms. The number of nitrogens with two attached hydrogens (primary N) is 1. The van der Waals surface area contributed by atoms with Crippen LogP contribution >= 0.6 is 0 Å². The van der Waals surface area contributed by atoms with Crippen molar-refractivity contribution >= 4 is 22.8 Å². The maximum Gasteiger partial charge on any atom is 0.490 e. The normalized spacial score (nSPS) is 14.4. The third-order valence-electron chi connectivity index (χ3n) is 6.48. The first-order chi connectivity index (χ1) is 17.1. The molecule has 1 aromatic heterocycles. The number of hydrogen-bond acceptors (Lipinski definition) is 3. The summed E-state index contributed by atoms with van der Waals surface area (Å²) in [4.78, 5) is 24.3. The molecule has 0 saturated carbocycles. The molecule has 0 spiro atoms. The van der Waals surface area contributed by atoms with Gasteiger partial charge >= 0.3 is 12.1 Å². The highest BCUT2D eigenvalue weighted by atomic mass is 19.4. The van der Waals surface area contributed by atoms with Gasteiger partial charge in [0.2, 0.25) is 0 Å². The number of hydrogen-bond donors (Lipinski definition) is 2. The Balaban J connectivity index is 0.000000454. The quantitative estimate of drug-likeness (QED) is 0.483. The first-order valence-corrected chi connectivity index (χ1v) is 12.0. The van der Waals surface area contributed by atoms with E-state index in [9.17, 15) is 18.0 Å². The van der Waals surface area contributed by atoms with Crippen LogP contribution in [0.25, 0.3) is 10.9 Å². The molecule has 0 bridgehead atoms. The molecule has 0 radical (unpaired) electrons. The van der Waals surface area contributed by atoms with Gasteiger partial charge in [0, 0.05) is 37.8 Å². The summed E-state index contributed by atoms with van der Waals surface area (Å²) in [7, 11) is 0. The molecular weight excluding hydrogens is 471 g/mol. The van der Waals surface area contributed by atoms with E-state index in [4.69, 9.17) is 15.6 Å². The van der Waals surface area contributed by atoms with Gasteiger partial charge in [-0.05, 0) is 48.8 Å². The number of carbonyl (C=O) groups is 2. The Bertz CT molecular complexity index is 1210. The number of halogens is 3. The van der Waals surface area contributed by atoms with Gasteiger partial charge in [-0.1, -0.05) is 49.4 Å². The zero-order valence-electron chi connectivity index (χ0n) is 20.5. The second-order valence-electron chi connectivity index (χ2n) is 9.03. The standard InChI is InChI=1S/C25H31N3O.C2HF3O2/c1-3-12-28-17-23(22-9-4-6-18(2)24(22)28)25(29)27-13-10-20(11-14-27)21-8-5-7-19(15-21)16-26;3-2(4,5)1(6)7/h4-9,15,17,20H,3,10-14,16,26H2,1-2H3;(H,6,7). The van der Waals surface area contributed by atoms with Crippen LogP contribution in [0.4, 0.5) is 13.2 Å². The Morgan fingerprint density at radius 1 is 1.11 bits per heavy atom. The van der Waals surface area contributed by atoms with Crippen molar-refractivity contribution in [1.82, 2.24) is 9.47 Å². The van der Waals surface area contributed by atoms with Crippen molar-refractivity contribution in [1.29, 1.82) is 0 Å². The highest BCUT2D eigenvalue weighted by Gasteiger charge is 2.38. The van der Waals surface area contributed by atoms with E-state index in [1.54, 1.807) is 0 Å². The van der Waals surface area contributed by atoms with E-state index in [2.05, 4.69) is 67.1 Å². The number of carboxylic acids is 1. The molecule has 1 saturated heterocycles. The van der Waals surface area contributed by atoms with Crippen molar-refractivity contribution in [2.45, 2.75) is 58.3 Å². The minimum Gasteiger partial charge on any atom is -0.475 e. The maximum atomic E-state index is 13.4. The van der Waals surface area contributed by atoms with E-state index in [-0.39, 0.29) is 5.91 Å². The lowest BCUT2D eigenvalue weighted by molar-refractivity contribution is -0.192. The van der Waals surface area contributed by atoms with Gasteiger partial charge in [-0.2, -0.15) is 13.2 Å². The highest BCUT2D eigenvalue weighted by Crippen LogP contribution is 2.31. The van der Waals surface area contributed by atoms with Crippen LogP contribution in [0.1, 0.15) is 59.2 Å². The van der Waals surface area contributed by atoms with Crippen molar-refractivity contribution < 1.29 is 27.9 Å². The predicted octanol–water partition coefficient (Wildman–Crippen LogP) is 5.47. The number of aliphatic carboxylic acids is 1. The van der Waals surface area contributed by atoms with E-state index >= 15 is 0 Å². The molecule has 1 amide bonds. The zero-order valence-corrected chi connectivity index (χ0v) is 20.5. The van der Waals surface area contributed by atoms with Crippen molar-refractivity contribution in [2.24, 2.45) is 5.73 Å². The zero-order chi connectivity index (χ0) is 26.5. The number of benzene rings is 2. The molecule has 3 aromatic rings. The van der Waals surface area contributed by atoms with Gasteiger partial charge in [0.25, 0.3) is 5.91 Å². The molecule has 6 nitrogen and oxygen atoms in total. The largest absolute Gasteiger partial charge is 0.490 e. The molecule has 2 heterocycles. The molecule has 194 valence electrons. The number of amides is 1. The lowest BCUT2D eigenvalue weighted by Gasteiger charge is -2.32. The number of piperidine rings is 1. The van der Waals surface area contributed by atoms with Crippen molar-refractivity contribution in [3.8, 4) is 0 Å². The van der Waals surface area contributed by atoms with Gasteiger partial charge in [-0.15, -0.1) is 0 Å². The van der Waals surface area contributed by atoms with Gasteiger partial charge < -0.3 is 20.3 Å². The second kappa shape index (κ2) is 11.6. The molecular formula is C27H32F3N3O3. The van der Waals surface area contributed by atoms with E-state index in [0.717, 1.165) is 49.8 Å². The summed E-state index contributed by atoms with van der Waals surface area (Å²) >= 11 is 0. The monoisotopic (exact) mass is 503 g/mol. The summed E-state index contributed by atoms with van der Waals surface area (Å²) in [6.07, 6.45) is 0.0537. The fourth-order valence-electron chi connectivity index (χ4n) is 4.70. The number of carbonyl (C=O) groups excluding carboxylic acids is 1. The van der Waals surface area contributed by atoms with Crippen LogP contribution < -0.4 is 5.73 Å². The Morgan fingerprint density at radius 3 is 2.33 bits per heavy atom. The van der Waals surface area contributed by atoms with Gasteiger partial charge in [0.1, 0.15) is 0 Å². The van der Waals surface area contributed by atoms with Crippen LogP contribution in [-0.2, 0) is 17.9 Å². The van der Waals surface area contributed by atoms with Gasteiger partial charge in [-0.25, -0.2) is 4.79 Å². The summed E-state index contributed by atoms with van der Waals surface area (Å²) in [5.74, 6) is -2.08. The van der Waals surface area contributed by atoms with E-state index in [1.165, 1.54) is 22.2 Å². The van der Waals surface area contributed by atoms with Crippen LogP contribution in [0.15, 0.2) is 48.7 Å². The molecule has 9 heteroatoms. The van der Waals surface area contributed by atoms with Crippen molar-refractivity contribution in [3.63, 3.8) is 0 Å². The van der Waals surface area contributed by atoms with Gasteiger partial charge in [0.05, 0.1) is 11.1 Å². The van der Waals surface area contributed by atoms with Gasteiger partial charge in [0.15, 0.2) is 0 Å². The molecule has 1 aliphatic rings. The number of alkyl halides is 3. The number of para-hydroxylation sites is 1. The fraction of sp³-hybridized carbons (Fsp3) is 0.407. The number of fused-ring (bicyclic) bond motifs is 1. The Kier molecular flexibility index (Phi) is 8.79. The highest BCUT2D eigenvalue weighted by molar-refractivity contribution is 6.07. The summed E-state index contributed by atoms with van der Waals surface area (Å²) in [5, 5.41) is 8.21. The summed E-state index contributed by atoms with van der Waals surface area (Å²) in [5.41, 5.74) is 11.6. The molecule has 4 rings (SSSR count). The minimum absolute atomic E-state index is 0.171. The lowest BCUT2D eigenvalue weighted by atomic mass is 9.88. The summed E-state index contributed by atoms with van der Waals surface area (Å²) < 4.78 is 34.0. The second-order valence-corrected chi connectivity index (χ2v) is 9.03. The molecule has 1 fully saturated rings. The SMILES string of the molecule is CCCn1cc(C(=O)N2CCC(c3cccc(CN)c3)CC2)c2cccc(C)c21.O=C(O)C(F)(F)F. The molecule has 0 aliphatic carbocycles. The molecule has 1 aliphatic heterocycles. The average molecular weight is 504 g/mol. The summed E-state index contributed by atoms with van der Waals surface area (Å²) in [6.45, 7) is 7.44. The number of aromatic nitrogens is 1. The smallest absolute Gasteiger partial charge is 0.475 e. The topological polar surface area (TPSA) is 88.6 Å². The van der Waals surface area contributed by atoms with Crippen molar-refractivity contribution in [2.75, 3.05) is 13.1 Å². The number of nitrogens with zero attached hydrogens (tertiary/aromatic N) is 2. The van der Waals surface area contributed by atoms with Crippen LogP contribution in [0.3, 0.4) is 0 Å². The Hall–Kier alpha value is -3.33. The Morgan fingerprint density at radius 2 is 1.75 bits per heavy atom.